The van der Waals surface area contributed by atoms with Crippen molar-refractivity contribution in [1.82, 2.24) is 15.1 Å². The van der Waals surface area contributed by atoms with E-state index in [-0.39, 0.29) is 35.8 Å². The molecule has 2 heterocycles. The SMILES string of the molecule is C=CCOC(=O)N1CCC[C@H]1C(=O)N/C=C/c1cc(O[C@H]2CCN(C(=O)OC(C)(C)C)[C@@H]2CO[Si](C)(C)C(C)(C)C)ccc1OC. The molecule has 2 aliphatic rings. The Kier molecular flexibility index (Phi) is 12.4. The molecule has 3 rings (SSSR count). The van der Waals surface area contributed by atoms with E-state index in [9.17, 15) is 14.4 Å². The average Bonchev–Trinajstić information content (AvgIpc) is 3.61. The third-order valence-corrected chi connectivity index (χ3v) is 13.1. The van der Waals surface area contributed by atoms with Gasteiger partial charge in [-0.1, -0.05) is 33.4 Å². The second-order valence-electron chi connectivity index (χ2n) is 14.2. The van der Waals surface area contributed by atoms with Crippen LogP contribution in [0.25, 0.3) is 6.08 Å². The number of benzene rings is 1. The number of likely N-dealkylation sites (tertiary alicyclic amines) is 2. The Morgan fingerprint density at radius 3 is 2.39 bits per heavy atom. The predicted octanol–water partition coefficient (Wildman–Crippen LogP) is 6.35. The first-order valence-corrected chi connectivity index (χ1v) is 18.9. The molecule has 256 valence electrons. The number of rotatable bonds is 11. The molecule has 0 aromatic heterocycles. The summed E-state index contributed by atoms with van der Waals surface area (Å²) >= 11 is 0. The van der Waals surface area contributed by atoms with Crippen LogP contribution in [-0.4, -0.2) is 93.4 Å². The molecule has 46 heavy (non-hydrogen) atoms. The van der Waals surface area contributed by atoms with Gasteiger partial charge in [-0.3, -0.25) is 14.6 Å². The van der Waals surface area contributed by atoms with E-state index in [1.807, 2.05) is 32.9 Å². The lowest BCUT2D eigenvalue weighted by atomic mass is 10.1. The Morgan fingerprint density at radius 1 is 1.04 bits per heavy atom. The van der Waals surface area contributed by atoms with Gasteiger partial charge in [0.2, 0.25) is 5.91 Å². The van der Waals surface area contributed by atoms with E-state index in [4.69, 9.17) is 23.4 Å². The Morgan fingerprint density at radius 2 is 1.76 bits per heavy atom. The van der Waals surface area contributed by atoms with Crippen molar-refractivity contribution in [3.8, 4) is 11.5 Å². The zero-order chi connectivity index (χ0) is 34.3. The van der Waals surface area contributed by atoms with Crippen LogP contribution in [-0.2, 0) is 18.7 Å². The van der Waals surface area contributed by atoms with E-state index in [0.29, 0.717) is 56.0 Å². The Hall–Kier alpha value is -3.51. The molecular formula is C34H53N3O8Si. The van der Waals surface area contributed by atoms with Crippen LogP contribution in [0.1, 0.15) is 66.4 Å². The summed E-state index contributed by atoms with van der Waals surface area (Å²) in [6.45, 7) is 21.4. The van der Waals surface area contributed by atoms with Gasteiger partial charge in [-0.25, -0.2) is 9.59 Å². The molecule has 0 aliphatic carbocycles. The quantitative estimate of drug-likeness (QED) is 0.216. The Labute approximate surface area is 275 Å². The van der Waals surface area contributed by atoms with Gasteiger partial charge in [0.05, 0.1) is 19.8 Å². The van der Waals surface area contributed by atoms with Crippen LogP contribution in [0.5, 0.6) is 11.5 Å². The lowest BCUT2D eigenvalue weighted by Gasteiger charge is -2.38. The van der Waals surface area contributed by atoms with Crippen molar-refractivity contribution >= 4 is 32.5 Å². The van der Waals surface area contributed by atoms with Gasteiger partial charge in [0.25, 0.3) is 0 Å². The van der Waals surface area contributed by atoms with Crippen LogP contribution in [0.15, 0.2) is 37.1 Å². The highest BCUT2D eigenvalue weighted by Crippen LogP contribution is 2.38. The van der Waals surface area contributed by atoms with Gasteiger partial charge in [0.15, 0.2) is 8.32 Å². The topological polar surface area (TPSA) is 116 Å². The number of methoxy groups -OCH3 is 1. The van der Waals surface area contributed by atoms with E-state index in [0.717, 1.165) is 0 Å². The minimum atomic E-state index is -2.10. The molecule has 1 aromatic carbocycles. The molecule has 1 N–H and O–H groups in total. The first-order chi connectivity index (χ1) is 21.5. The van der Waals surface area contributed by atoms with Crippen LogP contribution < -0.4 is 14.8 Å². The number of amides is 3. The summed E-state index contributed by atoms with van der Waals surface area (Å²) in [6, 6.07) is 4.50. The maximum absolute atomic E-state index is 13.2. The fourth-order valence-corrected chi connectivity index (χ4v) is 6.11. The van der Waals surface area contributed by atoms with E-state index < -0.39 is 26.1 Å². The van der Waals surface area contributed by atoms with Crippen molar-refractivity contribution in [2.75, 3.05) is 33.4 Å². The van der Waals surface area contributed by atoms with Gasteiger partial charge in [-0.2, -0.15) is 0 Å². The molecule has 0 radical (unpaired) electrons. The zero-order valence-electron chi connectivity index (χ0n) is 29.0. The summed E-state index contributed by atoms with van der Waals surface area (Å²) < 4.78 is 29.5. The first-order valence-electron chi connectivity index (χ1n) is 16.0. The van der Waals surface area contributed by atoms with Crippen molar-refractivity contribution in [3.05, 3.63) is 42.6 Å². The number of carbonyl (C=O) groups is 3. The lowest BCUT2D eigenvalue weighted by Crippen LogP contribution is -2.50. The summed E-state index contributed by atoms with van der Waals surface area (Å²) in [6.07, 6.45) is 5.39. The molecule has 0 spiro atoms. The smallest absolute Gasteiger partial charge is 0.410 e. The Bertz CT molecular complexity index is 1270. The van der Waals surface area contributed by atoms with E-state index in [1.54, 1.807) is 24.2 Å². The van der Waals surface area contributed by atoms with Gasteiger partial charge in [0.1, 0.15) is 35.9 Å². The number of carbonyl (C=O) groups excluding carboxylic acids is 3. The second-order valence-corrected chi connectivity index (χ2v) is 19.0. The van der Waals surface area contributed by atoms with Crippen molar-refractivity contribution in [2.24, 2.45) is 0 Å². The average molecular weight is 660 g/mol. The van der Waals surface area contributed by atoms with Crippen LogP contribution >= 0.6 is 0 Å². The Balaban J connectivity index is 1.75. The fraction of sp³-hybridized carbons (Fsp3) is 0.618. The van der Waals surface area contributed by atoms with Crippen LogP contribution in [0, 0.1) is 0 Å². The molecule has 2 aliphatic heterocycles. The standard InChI is InChI=1S/C34H53N3O8Si/c1-11-21-42-31(39)36-19-12-13-26(36)30(38)35-18-16-24-22-25(14-15-28(24)41-8)44-29-17-20-37(32(40)45-33(2,3)4)27(29)23-43-46(9,10)34(5,6)7/h11,14-16,18,22,26-27,29H,1,12-13,17,19-21,23H2,2-10H3,(H,35,38)/b18-16+/t26-,27+,29-/m0/s1. The molecule has 11 nitrogen and oxygen atoms in total. The summed E-state index contributed by atoms with van der Waals surface area (Å²) in [5.41, 5.74) is 0.0586. The van der Waals surface area contributed by atoms with E-state index >= 15 is 0 Å². The van der Waals surface area contributed by atoms with Gasteiger partial charge >= 0.3 is 12.2 Å². The summed E-state index contributed by atoms with van der Waals surface area (Å²) in [5.74, 6) is 0.883. The largest absolute Gasteiger partial charge is 0.496 e. The highest BCUT2D eigenvalue weighted by molar-refractivity contribution is 6.74. The van der Waals surface area contributed by atoms with Crippen LogP contribution in [0.4, 0.5) is 9.59 Å². The van der Waals surface area contributed by atoms with Crippen molar-refractivity contribution in [1.29, 1.82) is 0 Å². The van der Waals surface area contributed by atoms with Gasteiger partial charge in [-0.05, 0) is 76.0 Å². The third kappa shape index (κ3) is 9.74. The molecule has 3 amide bonds. The number of hydrogen-bond acceptors (Lipinski definition) is 8. The molecule has 2 fully saturated rings. The molecule has 2 saturated heterocycles. The number of nitrogens with zero attached hydrogens (tertiary/aromatic N) is 2. The fourth-order valence-electron chi connectivity index (χ4n) is 5.09. The molecule has 0 saturated carbocycles. The van der Waals surface area contributed by atoms with Gasteiger partial charge < -0.3 is 28.7 Å². The minimum Gasteiger partial charge on any atom is -0.496 e. The monoisotopic (exact) mass is 659 g/mol. The van der Waals surface area contributed by atoms with Crippen LogP contribution in [0.3, 0.4) is 0 Å². The highest BCUT2D eigenvalue weighted by atomic mass is 28.4. The van der Waals surface area contributed by atoms with Crippen molar-refractivity contribution in [3.63, 3.8) is 0 Å². The normalized spacial score (nSPS) is 20.5. The van der Waals surface area contributed by atoms with Crippen molar-refractivity contribution < 1.29 is 37.8 Å². The minimum absolute atomic E-state index is 0.0101. The maximum Gasteiger partial charge on any atom is 0.410 e. The highest BCUT2D eigenvalue weighted by Gasteiger charge is 2.44. The number of hydrogen-bond donors (Lipinski definition) is 1. The van der Waals surface area contributed by atoms with Crippen molar-refractivity contribution in [2.45, 2.75) is 103 Å². The van der Waals surface area contributed by atoms with Gasteiger partial charge in [0, 0.05) is 31.3 Å². The molecular weight excluding hydrogens is 606 g/mol. The van der Waals surface area contributed by atoms with Crippen LogP contribution in [0.2, 0.25) is 18.1 Å². The molecule has 12 heteroatoms. The predicted molar refractivity (Wildman–Crippen MR) is 180 cm³/mol. The lowest BCUT2D eigenvalue weighted by molar-refractivity contribution is -0.124. The molecule has 0 bridgehead atoms. The first kappa shape index (κ1) is 36.9. The molecule has 0 unspecified atom stereocenters. The number of nitrogens with one attached hydrogen (secondary N) is 1. The maximum atomic E-state index is 13.2. The number of ether oxygens (including phenoxy) is 4. The molecule has 1 aromatic rings. The second kappa shape index (κ2) is 15.4. The summed E-state index contributed by atoms with van der Waals surface area (Å²) in [7, 11) is -0.534. The zero-order valence-corrected chi connectivity index (χ0v) is 30.0. The van der Waals surface area contributed by atoms with Gasteiger partial charge in [-0.15, -0.1) is 0 Å². The van der Waals surface area contributed by atoms with E-state index in [1.165, 1.54) is 17.2 Å². The summed E-state index contributed by atoms with van der Waals surface area (Å²) in [5, 5.41) is 2.80. The third-order valence-electron chi connectivity index (χ3n) is 8.62. The molecule has 3 atom stereocenters. The summed E-state index contributed by atoms with van der Waals surface area (Å²) in [4.78, 5) is 41.7. The van der Waals surface area contributed by atoms with E-state index in [2.05, 4.69) is 45.8 Å².